The van der Waals surface area contributed by atoms with Crippen molar-refractivity contribution in [2.45, 2.75) is 13.5 Å². The fourth-order valence-electron chi connectivity index (χ4n) is 2.06. The van der Waals surface area contributed by atoms with Crippen LogP contribution in [0.2, 0.25) is 0 Å². The van der Waals surface area contributed by atoms with E-state index in [9.17, 15) is 5.11 Å². The molecule has 2 heterocycles. The predicted molar refractivity (Wildman–Crippen MR) is 78.1 cm³/mol. The fourth-order valence-corrected chi connectivity index (χ4v) is 2.06. The first-order valence-electron chi connectivity index (χ1n) is 6.47. The molecule has 0 bridgehead atoms. The summed E-state index contributed by atoms with van der Waals surface area (Å²) in [5, 5.41) is 27.1. The van der Waals surface area contributed by atoms with Crippen molar-refractivity contribution in [2.24, 2.45) is 10.2 Å². The van der Waals surface area contributed by atoms with Gasteiger partial charge >= 0.3 is 0 Å². The lowest BCUT2D eigenvalue weighted by Gasteiger charge is -1.99. The molecule has 0 aliphatic carbocycles. The summed E-state index contributed by atoms with van der Waals surface area (Å²) in [7, 11) is 0. The molecule has 0 radical (unpaired) electrons. The van der Waals surface area contributed by atoms with Crippen LogP contribution in [0.5, 0.6) is 5.75 Å². The Morgan fingerprint density at radius 2 is 2.00 bits per heavy atom. The van der Waals surface area contributed by atoms with E-state index < -0.39 is 0 Å². The van der Waals surface area contributed by atoms with Crippen LogP contribution in [-0.4, -0.2) is 19.6 Å². The predicted octanol–water partition coefficient (Wildman–Crippen LogP) is 3.26. The van der Waals surface area contributed by atoms with E-state index >= 15 is 0 Å². The number of fused-ring (bicyclic) bond motifs is 1. The molecule has 6 heteroatoms. The average molecular weight is 282 g/mol. The number of aromatic hydroxyl groups is 1. The van der Waals surface area contributed by atoms with E-state index in [1.807, 2.05) is 6.92 Å². The molecule has 0 spiro atoms. The lowest BCUT2D eigenvalue weighted by Crippen LogP contribution is -1.88. The number of pyridine rings is 1. The molecule has 0 saturated carbocycles. The molecule has 6 nitrogen and oxygen atoms in total. The molecule has 0 aliphatic rings. The Balaban J connectivity index is 2.05. The number of nitrogens with zero attached hydrogens (tertiary/aromatic N) is 4. The van der Waals surface area contributed by atoms with Crippen LogP contribution in [0.4, 0.5) is 11.5 Å². The van der Waals surface area contributed by atoms with E-state index in [1.165, 1.54) is 0 Å². The topological polar surface area (TPSA) is 82.5 Å². The van der Waals surface area contributed by atoms with Crippen LogP contribution in [0.1, 0.15) is 11.3 Å². The minimum absolute atomic E-state index is 0.0306. The maximum atomic E-state index is 9.69. The van der Waals surface area contributed by atoms with Gasteiger partial charge < -0.3 is 10.2 Å². The Kier molecular flexibility index (Phi) is 3.37. The quantitative estimate of drug-likeness (QED) is 0.723. The second-order valence-electron chi connectivity index (χ2n) is 4.63. The Hall–Kier alpha value is -2.73. The Labute approximate surface area is 121 Å². The summed E-state index contributed by atoms with van der Waals surface area (Å²) in [6.45, 7) is 1.81. The smallest absolute Gasteiger partial charge is 0.182 e. The van der Waals surface area contributed by atoms with Crippen LogP contribution in [0.15, 0.2) is 52.8 Å². The molecule has 21 heavy (non-hydrogen) atoms. The van der Waals surface area contributed by atoms with Crippen LogP contribution in [-0.2, 0) is 6.61 Å². The van der Waals surface area contributed by atoms with Gasteiger partial charge in [-0.25, -0.2) is 4.98 Å². The third kappa shape index (κ3) is 2.48. The molecule has 2 aromatic heterocycles. The molecule has 0 fully saturated rings. The van der Waals surface area contributed by atoms with Gasteiger partial charge in [0.2, 0.25) is 0 Å². The highest BCUT2D eigenvalue weighted by Gasteiger charge is 2.08. The first kappa shape index (κ1) is 13.3. The van der Waals surface area contributed by atoms with E-state index in [2.05, 4.69) is 15.2 Å². The number of rotatable bonds is 3. The number of aliphatic hydroxyl groups is 1. The van der Waals surface area contributed by atoms with Gasteiger partial charge in [-0.3, -0.25) is 4.40 Å². The maximum absolute atomic E-state index is 9.69. The second kappa shape index (κ2) is 5.34. The van der Waals surface area contributed by atoms with E-state index in [4.69, 9.17) is 5.11 Å². The standard InChI is InChI=1S/C15H14N4O2/c1-10-15(18-17-12-4-2-3-5-13(12)21)19-7-6-11(9-20)8-14(19)16-10/h2-8,20-21H,9H2,1H3. The van der Waals surface area contributed by atoms with Gasteiger partial charge in [-0.1, -0.05) is 12.1 Å². The molecule has 3 rings (SSSR count). The molecule has 2 N–H and O–H groups in total. The third-order valence-electron chi connectivity index (χ3n) is 3.15. The largest absolute Gasteiger partial charge is 0.506 e. The average Bonchev–Trinajstić information content (AvgIpc) is 2.81. The molecule has 1 aromatic carbocycles. The summed E-state index contributed by atoms with van der Waals surface area (Å²) in [5.74, 6) is 0.674. The summed E-state index contributed by atoms with van der Waals surface area (Å²) in [5.41, 5.74) is 2.62. The van der Waals surface area contributed by atoms with Crippen molar-refractivity contribution in [1.29, 1.82) is 0 Å². The molecule has 3 aromatic rings. The van der Waals surface area contributed by atoms with Gasteiger partial charge in [0, 0.05) is 6.20 Å². The van der Waals surface area contributed by atoms with Crippen molar-refractivity contribution in [1.82, 2.24) is 9.38 Å². The molecular formula is C15H14N4O2. The summed E-state index contributed by atoms with van der Waals surface area (Å²) >= 11 is 0. The zero-order valence-corrected chi connectivity index (χ0v) is 11.4. The van der Waals surface area contributed by atoms with Crippen LogP contribution in [0, 0.1) is 6.92 Å². The molecule has 0 unspecified atom stereocenters. The lowest BCUT2D eigenvalue weighted by atomic mass is 10.3. The monoisotopic (exact) mass is 282 g/mol. The number of azo groups is 1. The number of benzene rings is 1. The minimum Gasteiger partial charge on any atom is -0.506 e. The van der Waals surface area contributed by atoms with E-state index in [0.717, 1.165) is 11.3 Å². The highest BCUT2D eigenvalue weighted by molar-refractivity contribution is 5.54. The zero-order chi connectivity index (χ0) is 14.8. The Bertz CT molecular complexity index is 824. The zero-order valence-electron chi connectivity index (χ0n) is 11.4. The van der Waals surface area contributed by atoms with Crippen LogP contribution >= 0.6 is 0 Å². The van der Waals surface area contributed by atoms with Gasteiger partial charge in [0.25, 0.3) is 0 Å². The van der Waals surface area contributed by atoms with Gasteiger partial charge in [0.1, 0.15) is 17.1 Å². The van der Waals surface area contributed by atoms with E-state index in [0.29, 0.717) is 17.2 Å². The molecule has 0 atom stereocenters. The van der Waals surface area contributed by atoms with Gasteiger partial charge in [-0.05, 0) is 36.8 Å². The van der Waals surface area contributed by atoms with Gasteiger partial charge in [-0.2, -0.15) is 0 Å². The Morgan fingerprint density at radius 3 is 2.76 bits per heavy atom. The lowest BCUT2D eigenvalue weighted by molar-refractivity contribution is 0.282. The summed E-state index contributed by atoms with van der Waals surface area (Å²) in [6, 6.07) is 10.3. The molecule has 0 amide bonds. The molecule has 0 aliphatic heterocycles. The molecular weight excluding hydrogens is 268 g/mol. The van der Waals surface area contributed by atoms with E-state index in [-0.39, 0.29) is 12.4 Å². The van der Waals surface area contributed by atoms with Crippen molar-refractivity contribution in [3.63, 3.8) is 0 Å². The highest BCUT2D eigenvalue weighted by Crippen LogP contribution is 2.28. The highest BCUT2D eigenvalue weighted by atomic mass is 16.3. The number of hydrogen-bond donors (Lipinski definition) is 2. The summed E-state index contributed by atoms with van der Waals surface area (Å²) in [6.07, 6.45) is 1.79. The number of phenolic OH excluding ortho intramolecular Hbond substituents is 1. The normalized spacial score (nSPS) is 11.5. The maximum Gasteiger partial charge on any atom is 0.182 e. The number of phenols is 1. The minimum atomic E-state index is -0.0306. The number of para-hydroxylation sites is 1. The van der Waals surface area contributed by atoms with E-state index in [1.54, 1.807) is 47.0 Å². The third-order valence-corrected chi connectivity index (χ3v) is 3.15. The fraction of sp³-hybridized carbons (Fsp3) is 0.133. The van der Waals surface area contributed by atoms with Crippen molar-refractivity contribution in [3.05, 3.63) is 53.9 Å². The van der Waals surface area contributed by atoms with Gasteiger partial charge in [-0.15, -0.1) is 10.2 Å². The first-order chi connectivity index (χ1) is 10.2. The number of imidazole rings is 1. The van der Waals surface area contributed by atoms with Crippen molar-refractivity contribution in [3.8, 4) is 5.75 Å². The van der Waals surface area contributed by atoms with Crippen molar-refractivity contribution in [2.75, 3.05) is 0 Å². The molecule has 106 valence electrons. The summed E-state index contributed by atoms with van der Waals surface area (Å²) in [4.78, 5) is 4.39. The summed E-state index contributed by atoms with van der Waals surface area (Å²) < 4.78 is 1.79. The van der Waals surface area contributed by atoms with Crippen molar-refractivity contribution >= 4 is 17.2 Å². The SMILES string of the molecule is Cc1nc2cc(CO)ccn2c1N=Nc1ccccc1O. The Morgan fingerprint density at radius 1 is 1.19 bits per heavy atom. The number of aromatic nitrogens is 2. The number of aliphatic hydroxyl groups excluding tert-OH is 1. The first-order valence-corrected chi connectivity index (χ1v) is 6.47. The second-order valence-corrected chi connectivity index (χ2v) is 4.63. The van der Waals surface area contributed by atoms with Crippen LogP contribution < -0.4 is 0 Å². The van der Waals surface area contributed by atoms with Gasteiger partial charge in [0.05, 0.1) is 12.3 Å². The number of hydrogen-bond acceptors (Lipinski definition) is 5. The number of aryl methyl sites for hydroxylation is 1. The van der Waals surface area contributed by atoms with Gasteiger partial charge in [0.15, 0.2) is 5.82 Å². The van der Waals surface area contributed by atoms with Crippen molar-refractivity contribution < 1.29 is 10.2 Å². The van der Waals surface area contributed by atoms with Crippen LogP contribution in [0.25, 0.3) is 5.65 Å². The van der Waals surface area contributed by atoms with Crippen LogP contribution in [0.3, 0.4) is 0 Å². The molecule has 0 saturated heterocycles.